The number of hydrogen-bond acceptors (Lipinski definition) is 4. The third-order valence-corrected chi connectivity index (χ3v) is 10.3. The number of hydrogen-bond donors (Lipinski definition) is 0. The Labute approximate surface area is 286 Å². The van der Waals surface area contributed by atoms with Crippen LogP contribution in [-0.4, -0.2) is 19.9 Å². The van der Waals surface area contributed by atoms with Gasteiger partial charge in [0.05, 0.1) is 33.1 Å². The highest BCUT2D eigenvalue weighted by atomic mass is 14.8. The monoisotopic (exact) mass is 634 g/mol. The number of rotatable bonds is 2. The molecule has 0 N–H and O–H groups in total. The van der Waals surface area contributed by atoms with Crippen molar-refractivity contribution in [1.82, 2.24) is 19.9 Å². The van der Waals surface area contributed by atoms with Crippen LogP contribution in [0.4, 0.5) is 0 Å². The van der Waals surface area contributed by atoms with Crippen LogP contribution in [0.2, 0.25) is 0 Å². The molecular formula is C46H26N4. The molecule has 7 aromatic carbocycles. The fourth-order valence-corrected chi connectivity index (χ4v) is 8.19. The maximum atomic E-state index is 5.24. The van der Waals surface area contributed by atoms with Gasteiger partial charge in [-0.2, -0.15) is 0 Å². The van der Waals surface area contributed by atoms with Gasteiger partial charge < -0.3 is 0 Å². The van der Waals surface area contributed by atoms with E-state index in [-0.39, 0.29) is 0 Å². The summed E-state index contributed by atoms with van der Waals surface area (Å²) in [7, 11) is 0. The highest BCUT2D eigenvalue weighted by Gasteiger charge is 2.24. The van der Waals surface area contributed by atoms with Crippen molar-refractivity contribution in [3.8, 4) is 22.3 Å². The van der Waals surface area contributed by atoms with Gasteiger partial charge in [0.25, 0.3) is 0 Å². The van der Waals surface area contributed by atoms with Gasteiger partial charge in [-0.3, -0.25) is 9.97 Å². The van der Waals surface area contributed by atoms with Crippen LogP contribution in [0.25, 0.3) is 109 Å². The van der Waals surface area contributed by atoms with Crippen LogP contribution in [-0.2, 0) is 0 Å². The fraction of sp³-hybridized carbons (Fsp3) is 0. The predicted molar refractivity (Wildman–Crippen MR) is 209 cm³/mol. The predicted octanol–water partition coefficient (Wildman–Crippen LogP) is 11.8. The maximum Gasteiger partial charge on any atom is 0.0978 e. The summed E-state index contributed by atoms with van der Waals surface area (Å²) in [5.74, 6) is 0. The van der Waals surface area contributed by atoms with Gasteiger partial charge in [-0.15, -0.1) is 0 Å². The molecule has 230 valence electrons. The molecule has 0 atom stereocenters. The zero-order chi connectivity index (χ0) is 32.8. The molecule has 0 fully saturated rings. The number of fused-ring (bicyclic) bond motifs is 10. The van der Waals surface area contributed by atoms with E-state index in [4.69, 9.17) is 19.9 Å². The van der Waals surface area contributed by atoms with Crippen molar-refractivity contribution >= 4 is 87.0 Å². The lowest BCUT2D eigenvalue weighted by Gasteiger charge is -2.21. The molecule has 0 unspecified atom stereocenters. The van der Waals surface area contributed by atoms with Gasteiger partial charge in [0.15, 0.2) is 0 Å². The van der Waals surface area contributed by atoms with E-state index in [1.807, 2.05) is 24.5 Å². The molecule has 0 saturated heterocycles. The molecule has 0 bridgehead atoms. The minimum atomic E-state index is 0.915. The Balaban J connectivity index is 1.37. The molecule has 0 amide bonds. The van der Waals surface area contributed by atoms with E-state index < -0.39 is 0 Å². The third-order valence-electron chi connectivity index (χ3n) is 10.3. The molecule has 0 aliphatic rings. The van der Waals surface area contributed by atoms with Crippen molar-refractivity contribution in [2.24, 2.45) is 0 Å². The van der Waals surface area contributed by atoms with Crippen molar-refractivity contribution in [2.75, 3.05) is 0 Å². The van der Waals surface area contributed by atoms with Crippen LogP contribution < -0.4 is 0 Å². The van der Waals surface area contributed by atoms with Gasteiger partial charge in [-0.25, -0.2) is 9.97 Å². The Bertz CT molecular complexity index is 2950. The lowest BCUT2D eigenvalue weighted by molar-refractivity contribution is 1.40. The largest absolute Gasteiger partial charge is 0.254 e. The molecule has 4 aromatic heterocycles. The topological polar surface area (TPSA) is 51.6 Å². The zero-order valence-electron chi connectivity index (χ0n) is 26.8. The number of para-hydroxylation sites is 2. The summed E-state index contributed by atoms with van der Waals surface area (Å²) in [4.78, 5) is 20.1. The molecule has 4 heteroatoms. The Kier molecular flexibility index (Phi) is 5.63. The summed E-state index contributed by atoms with van der Waals surface area (Å²) in [6, 6.07) is 51.8. The lowest BCUT2D eigenvalue weighted by atomic mass is 9.82. The van der Waals surface area contributed by atoms with Gasteiger partial charge in [0.2, 0.25) is 0 Å². The van der Waals surface area contributed by atoms with Crippen LogP contribution in [0.3, 0.4) is 0 Å². The zero-order valence-corrected chi connectivity index (χ0v) is 26.8. The van der Waals surface area contributed by atoms with Crippen molar-refractivity contribution in [1.29, 1.82) is 0 Å². The number of pyridine rings is 4. The maximum absolute atomic E-state index is 5.24. The van der Waals surface area contributed by atoms with Gasteiger partial charge in [-0.05, 0) is 56.9 Å². The fourth-order valence-electron chi connectivity index (χ4n) is 8.19. The van der Waals surface area contributed by atoms with Gasteiger partial charge in [0.1, 0.15) is 0 Å². The first kappa shape index (κ1) is 27.2. The smallest absolute Gasteiger partial charge is 0.0978 e. The van der Waals surface area contributed by atoms with Crippen molar-refractivity contribution < 1.29 is 0 Å². The second-order valence-corrected chi connectivity index (χ2v) is 12.9. The Hall–Kier alpha value is -6.78. The van der Waals surface area contributed by atoms with E-state index in [0.717, 1.165) is 65.4 Å². The van der Waals surface area contributed by atoms with Crippen molar-refractivity contribution in [3.63, 3.8) is 0 Å². The highest BCUT2D eigenvalue weighted by molar-refractivity contribution is 6.31. The van der Waals surface area contributed by atoms with Crippen molar-refractivity contribution in [2.45, 2.75) is 0 Å². The number of nitrogens with zero attached hydrogens (tertiary/aromatic N) is 4. The Morgan fingerprint density at radius 2 is 0.620 bits per heavy atom. The van der Waals surface area contributed by atoms with E-state index >= 15 is 0 Å². The second-order valence-electron chi connectivity index (χ2n) is 12.9. The quantitative estimate of drug-likeness (QED) is 0.140. The first-order chi connectivity index (χ1) is 24.8. The second kappa shape index (κ2) is 10.4. The summed E-state index contributed by atoms with van der Waals surface area (Å²) < 4.78 is 0. The van der Waals surface area contributed by atoms with Crippen LogP contribution in [0.1, 0.15) is 0 Å². The molecule has 0 spiro atoms. The van der Waals surface area contributed by atoms with Gasteiger partial charge in [-0.1, -0.05) is 121 Å². The summed E-state index contributed by atoms with van der Waals surface area (Å²) in [6.07, 6.45) is 3.72. The highest BCUT2D eigenvalue weighted by Crippen LogP contribution is 2.50. The minimum Gasteiger partial charge on any atom is -0.254 e. The van der Waals surface area contributed by atoms with E-state index in [0.29, 0.717) is 0 Å². The third kappa shape index (κ3) is 3.76. The Morgan fingerprint density at radius 3 is 1.04 bits per heavy atom. The lowest BCUT2D eigenvalue weighted by Crippen LogP contribution is -1.96. The van der Waals surface area contributed by atoms with E-state index in [1.54, 1.807) is 0 Å². The molecule has 4 nitrogen and oxygen atoms in total. The van der Waals surface area contributed by atoms with Crippen LogP contribution in [0.5, 0.6) is 0 Å². The minimum absolute atomic E-state index is 0.915. The first-order valence-corrected chi connectivity index (χ1v) is 16.9. The van der Waals surface area contributed by atoms with Gasteiger partial charge in [0, 0.05) is 55.8 Å². The average Bonchev–Trinajstić information content (AvgIpc) is 3.18. The molecule has 4 heterocycles. The van der Waals surface area contributed by atoms with E-state index in [1.165, 1.54) is 43.8 Å². The summed E-state index contributed by atoms with van der Waals surface area (Å²) >= 11 is 0. The van der Waals surface area contributed by atoms with Gasteiger partial charge >= 0.3 is 0 Å². The molecule has 0 saturated carbocycles. The summed E-state index contributed by atoms with van der Waals surface area (Å²) in [5.41, 5.74) is 10.3. The number of aromatic nitrogens is 4. The molecule has 0 aliphatic heterocycles. The SMILES string of the molecule is c1cnc2c(c1)ccc1c(-c3c4ccccc4c(-c4c5ccccc5nc5c4ccc4cccnc45)c4ccccc34)c3ccccc3nc12. The van der Waals surface area contributed by atoms with E-state index in [2.05, 4.69) is 133 Å². The Morgan fingerprint density at radius 1 is 0.260 bits per heavy atom. The first-order valence-electron chi connectivity index (χ1n) is 16.9. The molecular weight excluding hydrogens is 609 g/mol. The normalized spacial score (nSPS) is 12.0. The molecule has 0 radical (unpaired) electrons. The molecule has 11 aromatic rings. The van der Waals surface area contributed by atoms with Crippen LogP contribution in [0.15, 0.2) is 158 Å². The van der Waals surface area contributed by atoms with E-state index in [9.17, 15) is 0 Å². The molecule has 0 aliphatic carbocycles. The van der Waals surface area contributed by atoms with Crippen LogP contribution in [0, 0.1) is 0 Å². The van der Waals surface area contributed by atoms with Crippen LogP contribution >= 0.6 is 0 Å². The molecule has 11 rings (SSSR count). The molecule has 50 heavy (non-hydrogen) atoms. The summed E-state index contributed by atoms with van der Waals surface area (Å²) in [5, 5.41) is 11.3. The average molecular weight is 635 g/mol. The standard InChI is InChI=1S/C46H26N4/c1-2-14-30-29(13-1)39(41-33-17-5-7-19-37(33)49-45-35(41)23-21-27-11-9-25-47-43(27)45)31-15-3-4-16-32(31)40(30)42-34-18-6-8-20-38(34)50-46-36(42)24-22-28-12-10-26-48-44(28)46/h1-26H. The number of benzene rings is 7. The summed E-state index contributed by atoms with van der Waals surface area (Å²) in [6.45, 7) is 0. The van der Waals surface area contributed by atoms with Crippen molar-refractivity contribution in [3.05, 3.63) is 158 Å².